The van der Waals surface area contributed by atoms with E-state index in [1.54, 1.807) is 83.9 Å². The normalized spacial score (nSPS) is 10.2. The van der Waals surface area contributed by atoms with Crippen molar-refractivity contribution >= 4 is 34.2 Å². The van der Waals surface area contributed by atoms with Gasteiger partial charge < -0.3 is 0 Å². The lowest BCUT2D eigenvalue weighted by atomic mass is 10.1. The zero-order chi connectivity index (χ0) is 58.1. The average Bonchev–Trinajstić information content (AvgIpc) is 4.31. The van der Waals surface area contributed by atoms with Gasteiger partial charge in [0.15, 0.2) is 0 Å². The molecule has 0 aromatic carbocycles. The van der Waals surface area contributed by atoms with Gasteiger partial charge in [-0.05, 0) is 113 Å². The molecule has 0 spiro atoms. The smallest absolute Gasteiger partial charge is 0.130 e. The van der Waals surface area contributed by atoms with Crippen LogP contribution in [0, 0.1) is 0 Å². The number of pyridine rings is 3. The average molecular weight is 1110 g/mol. The third-order valence-electron chi connectivity index (χ3n) is 10.5. The van der Waals surface area contributed by atoms with Crippen molar-refractivity contribution in [1.29, 1.82) is 0 Å². The van der Waals surface area contributed by atoms with Crippen molar-refractivity contribution in [2.75, 3.05) is 0 Å². The summed E-state index contributed by atoms with van der Waals surface area (Å²) in [5, 5.41) is 3.24. The van der Waals surface area contributed by atoms with Gasteiger partial charge in [-0.1, -0.05) is 137 Å². The lowest BCUT2D eigenvalue weighted by Crippen LogP contribution is -1.93. The fraction of sp³-hybridized carbons (Fsp3) is 0.429. The molecule has 0 aliphatic heterocycles. The Balaban J connectivity index is 0.000000439. The van der Waals surface area contributed by atoms with Crippen molar-refractivity contribution in [2.45, 2.75) is 178 Å². The third kappa shape index (κ3) is 33.7. The van der Waals surface area contributed by atoms with Gasteiger partial charge in [0.25, 0.3) is 0 Å². The number of rotatable bonds is 9. The minimum atomic E-state index is 0.436. The van der Waals surface area contributed by atoms with Crippen LogP contribution < -0.4 is 0 Å². The molecule has 0 N–H and O–H groups in total. The number of thiazole rings is 2. The van der Waals surface area contributed by atoms with Gasteiger partial charge in [0.1, 0.15) is 12.2 Å². The predicted molar refractivity (Wildman–Crippen MR) is 332 cm³/mol. The molecule has 0 radical (unpaired) electrons. The van der Waals surface area contributed by atoms with E-state index in [-0.39, 0.29) is 0 Å². The number of nitrogens with zero attached hydrogens (tertiary/aromatic N) is 12. The van der Waals surface area contributed by atoms with Crippen LogP contribution in [-0.4, -0.2) is 59.2 Å². The maximum absolute atomic E-state index is 4.18. The highest BCUT2D eigenvalue weighted by Gasteiger charge is 2.02. The molecule has 0 saturated heterocycles. The zero-order valence-corrected chi connectivity index (χ0v) is 52.3. The Morgan fingerprint density at radius 3 is 1.23 bits per heavy atom. The van der Waals surface area contributed by atoms with Gasteiger partial charge in [-0.3, -0.25) is 29.9 Å². The first-order chi connectivity index (χ1) is 37.2. The van der Waals surface area contributed by atoms with Gasteiger partial charge in [-0.25, -0.2) is 29.3 Å². The molecule has 78 heavy (non-hydrogen) atoms. The van der Waals surface area contributed by atoms with Gasteiger partial charge in [0.2, 0.25) is 0 Å². The van der Waals surface area contributed by atoms with E-state index in [2.05, 4.69) is 196 Å². The van der Waals surface area contributed by atoms with Crippen LogP contribution >= 0.6 is 34.2 Å². The van der Waals surface area contributed by atoms with E-state index < -0.39 is 0 Å². The highest BCUT2D eigenvalue weighted by Crippen LogP contribution is 2.19. The van der Waals surface area contributed by atoms with Crippen LogP contribution in [0.15, 0.2) is 165 Å². The Morgan fingerprint density at radius 2 is 0.923 bits per heavy atom. The molecule has 0 bridgehead atoms. The molecule has 9 heterocycles. The molecule has 9 rings (SSSR count). The number of aromatic nitrogens is 12. The van der Waals surface area contributed by atoms with Gasteiger partial charge in [-0.15, -0.1) is 22.7 Å². The molecule has 9 aromatic rings. The molecule has 15 heteroatoms. The second-order valence-corrected chi connectivity index (χ2v) is 23.0. The quantitative estimate of drug-likeness (QED) is 0.135. The first-order valence-electron chi connectivity index (χ1n) is 26.9. The van der Waals surface area contributed by atoms with Crippen molar-refractivity contribution in [2.24, 2.45) is 0 Å². The highest BCUT2D eigenvalue weighted by atomic mass is 32.1. The fourth-order valence-electron chi connectivity index (χ4n) is 5.60. The van der Waals surface area contributed by atoms with Gasteiger partial charge in [0, 0.05) is 125 Å². The minimum absolute atomic E-state index is 0.436. The monoisotopic (exact) mass is 1110 g/mol. The van der Waals surface area contributed by atoms with E-state index in [1.165, 1.54) is 25.9 Å². The Bertz CT molecular complexity index is 2210. The van der Waals surface area contributed by atoms with E-state index in [9.17, 15) is 0 Å². The lowest BCUT2D eigenvalue weighted by molar-refractivity contribution is 0.774. The minimum Gasteiger partial charge on any atom is -0.265 e. The van der Waals surface area contributed by atoms with E-state index in [0.29, 0.717) is 53.3 Å². The molecule has 0 saturated carbocycles. The first-order valence-corrected chi connectivity index (χ1v) is 29.5. The molecule has 0 aliphatic carbocycles. The van der Waals surface area contributed by atoms with Crippen molar-refractivity contribution < 1.29 is 0 Å². The Kier molecular flexibility index (Phi) is 38.0. The molecule has 0 atom stereocenters. The molecular formula is C63H90N12S3. The van der Waals surface area contributed by atoms with E-state index >= 15 is 0 Å². The summed E-state index contributed by atoms with van der Waals surface area (Å²) in [4.78, 5) is 47.0. The van der Waals surface area contributed by atoms with Crippen LogP contribution in [0.1, 0.15) is 227 Å². The summed E-state index contributed by atoms with van der Waals surface area (Å²) >= 11 is 5.02. The van der Waals surface area contributed by atoms with Gasteiger partial charge in [-0.2, -0.15) is 0 Å². The zero-order valence-electron chi connectivity index (χ0n) is 49.9. The summed E-state index contributed by atoms with van der Waals surface area (Å²) in [5.41, 5.74) is 7.84. The topological polar surface area (TPSA) is 155 Å². The second-order valence-electron chi connectivity index (χ2n) is 20.3. The predicted octanol–water partition coefficient (Wildman–Crippen LogP) is 18.2. The molecule has 12 nitrogen and oxygen atoms in total. The molecule has 420 valence electrons. The largest absolute Gasteiger partial charge is 0.265 e. The summed E-state index contributed by atoms with van der Waals surface area (Å²) in [6, 6.07) is 20.0. The number of hydrogen-bond acceptors (Lipinski definition) is 15. The molecular weight excluding hydrogens is 1020 g/mol. The molecule has 0 unspecified atom stereocenters. The Labute approximate surface area is 481 Å². The van der Waals surface area contributed by atoms with Crippen molar-refractivity contribution in [1.82, 2.24) is 59.2 Å². The van der Waals surface area contributed by atoms with Crippen molar-refractivity contribution in [3.8, 4) is 0 Å². The van der Waals surface area contributed by atoms with E-state index in [0.717, 1.165) is 22.9 Å². The summed E-state index contributed by atoms with van der Waals surface area (Å²) < 4.78 is 3.99. The maximum Gasteiger partial charge on any atom is 0.130 e. The highest BCUT2D eigenvalue weighted by molar-refractivity contribution is 7.09. The fourth-order valence-corrected chi connectivity index (χ4v) is 7.47. The van der Waals surface area contributed by atoms with E-state index in [4.69, 9.17) is 0 Å². The Morgan fingerprint density at radius 1 is 0.321 bits per heavy atom. The lowest BCUT2D eigenvalue weighted by Gasteiger charge is -2.01. The maximum atomic E-state index is 4.18. The van der Waals surface area contributed by atoms with E-state index in [1.807, 2.05) is 103 Å². The molecule has 0 amide bonds. The molecule has 0 fully saturated rings. The van der Waals surface area contributed by atoms with Crippen molar-refractivity contribution in [3.63, 3.8) is 0 Å². The number of hydrogen-bond donors (Lipinski definition) is 0. The van der Waals surface area contributed by atoms with Gasteiger partial charge >= 0.3 is 0 Å². The van der Waals surface area contributed by atoms with Crippen LogP contribution in [0.3, 0.4) is 0 Å². The third-order valence-corrected chi connectivity index (χ3v) is 13.7. The second kappa shape index (κ2) is 42.6. The SMILES string of the molecule is CC(C)c1ccccn1.CC(C)c1cccnc1.CC(C)c1ccncc1.CC(C)c1ccncn1.CC(C)c1ccns1.CC(C)c1cnccn1.CC(C)c1cncs1.CC(C)c1ncccn1.CC(C)c1nccs1. The van der Waals surface area contributed by atoms with Gasteiger partial charge in [0.05, 0.1) is 16.2 Å². The molecule has 0 aliphatic rings. The summed E-state index contributed by atoms with van der Waals surface area (Å²) in [6.07, 6.45) is 26.9. The standard InChI is InChI=1S/3C8H11N.3C7H10N2.3C6H9NS/c1-7(2)8-3-5-9-6-4-8;1-7(2)8-4-3-5-9-6-8;1-7(2)8-5-3-4-6-9-8;1-6(2)7-5-8-3-4-9-7;1-6(2)7-3-4-8-5-9-7;1-6(2)7-8-4-3-5-9-7;1-5(2)6-3-7-4-8-6;1-5(2)6-7-3-4-8-6;1-5(2)6-3-4-7-8-6/h3*3-7H,1-2H3;3*3-6H,1-2H3;3*3-5H,1-2H3. The van der Waals surface area contributed by atoms with Crippen LogP contribution in [0.4, 0.5) is 0 Å². The van der Waals surface area contributed by atoms with Crippen LogP contribution in [0.25, 0.3) is 0 Å². The van der Waals surface area contributed by atoms with Crippen LogP contribution in [0.5, 0.6) is 0 Å². The molecule has 9 aromatic heterocycles. The van der Waals surface area contributed by atoms with Crippen LogP contribution in [-0.2, 0) is 0 Å². The van der Waals surface area contributed by atoms with Crippen molar-refractivity contribution in [3.05, 3.63) is 213 Å². The summed E-state index contributed by atoms with van der Waals surface area (Å²) in [7, 11) is 0. The summed E-state index contributed by atoms with van der Waals surface area (Å²) in [6.45, 7) is 38.5. The Hall–Kier alpha value is -6.42. The summed E-state index contributed by atoms with van der Waals surface area (Å²) in [5.74, 6) is 5.98. The first kappa shape index (κ1) is 69.6. The van der Waals surface area contributed by atoms with Crippen LogP contribution in [0.2, 0.25) is 0 Å².